The Morgan fingerprint density at radius 1 is 1.36 bits per heavy atom. The predicted molar refractivity (Wildman–Crippen MR) is 108 cm³/mol. The number of thioether (sulfide) groups is 1. The number of hydrogen-bond acceptors (Lipinski definition) is 8. The van der Waals surface area contributed by atoms with E-state index in [1.165, 1.54) is 21.3 Å². The Balaban J connectivity index is 1.53. The fourth-order valence-corrected chi connectivity index (χ4v) is 6.09. The van der Waals surface area contributed by atoms with Crippen LogP contribution in [0.3, 0.4) is 0 Å². The van der Waals surface area contributed by atoms with Gasteiger partial charge in [0.2, 0.25) is 0 Å². The first-order valence-electron chi connectivity index (χ1n) is 9.73. The van der Waals surface area contributed by atoms with Crippen LogP contribution in [0.2, 0.25) is 0 Å². The minimum atomic E-state index is -0.265. The van der Waals surface area contributed by atoms with E-state index in [1.807, 2.05) is 25.3 Å². The van der Waals surface area contributed by atoms with Crippen molar-refractivity contribution in [2.75, 3.05) is 19.7 Å². The molecule has 2 aromatic rings. The van der Waals surface area contributed by atoms with E-state index in [0.29, 0.717) is 24.0 Å². The number of likely N-dealkylation sites (tertiary alicyclic amines) is 1. The molecule has 9 heteroatoms. The fourth-order valence-electron chi connectivity index (χ4n) is 3.85. The van der Waals surface area contributed by atoms with Gasteiger partial charge in [0, 0.05) is 11.3 Å². The molecule has 2 aromatic heterocycles. The monoisotopic (exact) mass is 420 g/mol. The molecule has 0 aromatic carbocycles. The average Bonchev–Trinajstić information content (AvgIpc) is 3.42. The highest BCUT2D eigenvalue weighted by Gasteiger charge is 2.44. The topological polar surface area (TPSA) is 77.3 Å². The third kappa shape index (κ3) is 3.62. The van der Waals surface area contributed by atoms with Gasteiger partial charge in [-0.1, -0.05) is 24.8 Å². The molecule has 2 aliphatic heterocycles. The molecule has 1 fully saturated rings. The predicted octanol–water partition coefficient (Wildman–Crippen LogP) is 3.03. The summed E-state index contributed by atoms with van der Waals surface area (Å²) in [6.45, 7) is 5.78. The molecular weight excluding hydrogens is 396 g/mol. The zero-order valence-corrected chi connectivity index (χ0v) is 17.7. The SMILES string of the molecule is CCOC(=O)C1CCN(C(c2cccs2)C2Sc3nc(CC)nn3C2=O)CC1. The lowest BCUT2D eigenvalue weighted by atomic mass is 9.94. The van der Waals surface area contributed by atoms with Gasteiger partial charge in [-0.25, -0.2) is 4.98 Å². The van der Waals surface area contributed by atoms with Gasteiger partial charge in [-0.3, -0.25) is 14.5 Å². The number of carbonyl (C=O) groups excluding carboxylic acids is 2. The van der Waals surface area contributed by atoms with Gasteiger partial charge in [-0.05, 0) is 44.3 Å². The molecule has 28 heavy (non-hydrogen) atoms. The van der Waals surface area contributed by atoms with E-state index in [2.05, 4.69) is 21.0 Å². The summed E-state index contributed by atoms with van der Waals surface area (Å²) >= 11 is 3.18. The lowest BCUT2D eigenvalue weighted by Crippen LogP contribution is -2.44. The molecule has 1 saturated heterocycles. The lowest BCUT2D eigenvalue weighted by Gasteiger charge is -2.38. The van der Waals surface area contributed by atoms with Crippen molar-refractivity contribution < 1.29 is 14.3 Å². The van der Waals surface area contributed by atoms with E-state index >= 15 is 0 Å². The molecule has 0 N–H and O–H groups in total. The van der Waals surface area contributed by atoms with Gasteiger partial charge < -0.3 is 4.74 Å². The van der Waals surface area contributed by atoms with Crippen molar-refractivity contribution in [3.8, 4) is 0 Å². The first-order valence-corrected chi connectivity index (χ1v) is 11.5. The van der Waals surface area contributed by atoms with Crippen molar-refractivity contribution in [3.63, 3.8) is 0 Å². The summed E-state index contributed by atoms with van der Waals surface area (Å²) in [5.74, 6) is 0.559. The van der Waals surface area contributed by atoms with Crippen LogP contribution in [0, 0.1) is 5.92 Å². The van der Waals surface area contributed by atoms with Crippen LogP contribution in [0.4, 0.5) is 0 Å². The number of thiophene rings is 1. The highest BCUT2D eigenvalue weighted by molar-refractivity contribution is 8.01. The summed E-state index contributed by atoms with van der Waals surface area (Å²) in [5, 5.41) is 6.83. The number of aryl methyl sites for hydroxylation is 1. The second kappa shape index (κ2) is 8.34. The van der Waals surface area contributed by atoms with Crippen molar-refractivity contribution in [2.24, 2.45) is 5.92 Å². The van der Waals surface area contributed by atoms with Crippen LogP contribution in [0.15, 0.2) is 22.7 Å². The zero-order chi connectivity index (χ0) is 19.7. The Kier molecular flexibility index (Phi) is 5.84. The molecule has 0 aliphatic carbocycles. The summed E-state index contributed by atoms with van der Waals surface area (Å²) in [6.07, 6.45) is 2.23. The quantitative estimate of drug-likeness (QED) is 0.665. The van der Waals surface area contributed by atoms with Crippen molar-refractivity contribution in [1.29, 1.82) is 0 Å². The number of hydrogen-bond donors (Lipinski definition) is 0. The average molecular weight is 421 g/mol. The molecule has 4 rings (SSSR count). The van der Waals surface area contributed by atoms with Crippen molar-refractivity contribution in [3.05, 3.63) is 28.2 Å². The van der Waals surface area contributed by atoms with Crippen molar-refractivity contribution >= 4 is 35.0 Å². The zero-order valence-electron chi connectivity index (χ0n) is 16.0. The summed E-state index contributed by atoms with van der Waals surface area (Å²) in [5.41, 5.74) is 0. The van der Waals surface area contributed by atoms with Crippen LogP contribution < -0.4 is 0 Å². The Labute approximate surface area is 172 Å². The van der Waals surface area contributed by atoms with Gasteiger partial charge in [0.15, 0.2) is 11.0 Å². The molecule has 0 bridgehead atoms. The summed E-state index contributed by atoms with van der Waals surface area (Å²) in [7, 11) is 0. The summed E-state index contributed by atoms with van der Waals surface area (Å²) < 4.78 is 6.66. The molecule has 150 valence electrons. The standard InChI is InChI=1S/C19H24N4O3S2/c1-3-14-20-19-23(21-14)17(24)16(28-19)15(13-6-5-11-27-13)22-9-7-12(8-10-22)18(25)26-4-2/h5-6,11-12,15-16H,3-4,7-10H2,1-2H3. The molecule has 2 atom stereocenters. The number of rotatable bonds is 6. The third-order valence-electron chi connectivity index (χ3n) is 5.29. The van der Waals surface area contributed by atoms with E-state index in [-0.39, 0.29) is 29.1 Å². The first kappa shape index (κ1) is 19.6. The van der Waals surface area contributed by atoms with E-state index < -0.39 is 0 Å². The minimum absolute atomic E-state index is 0.00174. The van der Waals surface area contributed by atoms with Gasteiger partial charge >= 0.3 is 5.97 Å². The molecule has 0 radical (unpaired) electrons. The maximum absolute atomic E-state index is 13.1. The Morgan fingerprint density at radius 2 is 2.14 bits per heavy atom. The van der Waals surface area contributed by atoms with Crippen LogP contribution in [0.25, 0.3) is 0 Å². The highest BCUT2D eigenvalue weighted by atomic mass is 32.2. The molecule has 2 aliphatic rings. The highest BCUT2D eigenvalue weighted by Crippen LogP contribution is 2.43. The molecule has 0 spiro atoms. The molecule has 0 amide bonds. The number of esters is 1. The largest absolute Gasteiger partial charge is 0.466 e. The number of ether oxygens (including phenoxy) is 1. The number of fused-ring (bicyclic) bond motifs is 1. The van der Waals surface area contributed by atoms with Gasteiger partial charge in [-0.15, -0.1) is 16.4 Å². The van der Waals surface area contributed by atoms with Gasteiger partial charge in [-0.2, -0.15) is 4.68 Å². The van der Waals surface area contributed by atoms with Crippen LogP contribution in [-0.4, -0.2) is 56.5 Å². The van der Waals surface area contributed by atoms with E-state index in [4.69, 9.17) is 4.74 Å². The molecular formula is C19H24N4O3S2. The molecule has 0 saturated carbocycles. The Bertz CT molecular complexity index is 843. The van der Waals surface area contributed by atoms with Crippen LogP contribution in [0.1, 0.15) is 48.2 Å². The van der Waals surface area contributed by atoms with Gasteiger partial charge in [0.1, 0.15) is 5.25 Å². The number of piperidine rings is 1. The van der Waals surface area contributed by atoms with Crippen LogP contribution in [0.5, 0.6) is 0 Å². The maximum atomic E-state index is 13.1. The molecule has 4 heterocycles. The second-order valence-electron chi connectivity index (χ2n) is 6.98. The van der Waals surface area contributed by atoms with E-state index in [9.17, 15) is 9.59 Å². The smallest absolute Gasteiger partial charge is 0.309 e. The fraction of sp³-hybridized carbons (Fsp3) is 0.579. The van der Waals surface area contributed by atoms with Crippen LogP contribution >= 0.6 is 23.1 Å². The van der Waals surface area contributed by atoms with Crippen molar-refractivity contribution in [1.82, 2.24) is 19.7 Å². The normalized spacial score (nSPS) is 21.6. The number of aromatic nitrogens is 3. The Morgan fingerprint density at radius 3 is 2.75 bits per heavy atom. The van der Waals surface area contributed by atoms with Gasteiger partial charge in [0.25, 0.3) is 5.91 Å². The van der Waals surface area contributed by atoms with Crippen molar-refractivity contribution in [2.45, 2.75) is 49.6 Å². The Hall–Kier alpha value is -1.71. The molecule has 2 unspecified atom stereocenters. The second-order valence-corrected chi connectivity index (χ2v) is 9.06. The van der Waals surface area contributed by atoms with Gasteiger partial charge in [0.05, 0.1) is 18.6 Å². The minimum Gasteiger partial charge on any atom is -0.466 e. The van der Waals surface area contributed by atoms with E-state index in [1.54, 1.807) is 11.3 Å². The number of carbonyl (C=O) groups is 2. The van der Waals surface area contributed by atoms with E-state index in [0.717, 1.165) is 25.9 Å². The van der Waals surface area contributed by atoms with Crippen LogP contribution in [-0.2, 0) is 16.0 Å². The maximum Gasteiger partial charge on any atom is 0.309 e. The third-order valence-corrected chi connectivity index (χ3v) is 7.42. The lowest BCUT2D eigenvalue weighted by molar-refractivity contribution is -0.149. The summed E-state index contributed by atoms with van der Waals surface area (Å²) in [6, 6.07) is 4.08. The molecule has 7 nitrogen and oxygen atoms in total. The first-order chi connectivity index (χ1) is 13.6. The number of nitrogens with zero attached hydrogens (tertiary/aromatic N) is 4. The summed E-state index contributed by atoms with van der Waals surface area (Å²) in [4.78, 5) is 33.2.